The fourth-order valence-corrected chi connectivity index (χ4v) is 2.77. The van der Waals surface area contributed by atoms with Gasteiger partial charge in [0, 0.05) is 24.8 Å². The van der Waals surface area contributed by atoms with Gasteiger partial charge in [-0.05, 0) is 31.5 Å². The number of rotatable bonds is 4. The maximum absolute atomic E-state index is 13.6. The van der Waals surface area contributed by atoms with E-state index >= 15 is 0 Å². The Morgan fingerprint density at radius 3 is 3.04 bits per heavy atom. The molecular weight excluding hydrogens is 321 g/mol. The van der Waals surface area contributed by atoms with Gasteiger partial charge in [-0.15, -0.1) is 0 Å². The van der Waals surface area contributed by atoms with E-state index in [0.29, 0.717) is 6.54 Å². The number of hydrogen-bond acceptors (Lipinski definition) is 4. The van der Waals surface area contributed by atoms with Crippen LogP contribution in [0.25, 0.3) is 0 Å². The molecule has 3 rings (SSSR count). The van der Waals surface area contributed by atoms with Crippen LogP contribution in [0, 0.1) is 5.82 Å². The third-order valence-corrected chi connectivity index (χ3v) is 4.32. The van der Waals surface area contributed by atoms with Crippen LogP contribution in [0.15, 0.2) is 30.9 Å². The van der Waals surface area contributed by atoms with Gasteiger partial charge in [-0.3, -0.25) is 4.79 Å². The molecule has 1 fully saturated rings. The number of halogens is 2. The SMILES string of the molecule is C[C@@H](C(=O)N[C@H]1CCN(c2ccc(Cl)c(F)c2)C1)n1cncn1. The third-order valence-electron chi connectivity index (χ3n) is 4.02. The van der Waals surface area contributed by atoms with Crippen LogP contribution in [-0.4, -0.2) is 39.8 Å². The van der Waals surface area contributed by atoms with Gasteiger partial charge in [0.15, 0.2) is 0 Å². The summed E-state index contributed by atoms with van der Waals surface area (Å²) in [7, 11) is 0. The highest BCUT2D eigenvalue weighted by Gasteiger charge is 2.26. The zero-order chi connectivity index (χ0) is 16.4. The van der Waals surface area contributed by atoms with Crippen molar-refractivity contribution in [1.29, 1.82) is 0 Å². The molecule has 2 aromatic rings. The third kappa shape index (κ3) is 3.44. The van der Waals surface area contributed by atoms with Gasteiger partial charge in [-0.25, -0.2) is 14.1 Å². The molecule has 0 unspecified atom stereocenters. The predicted molar refractivity (Wildman–Crippen MR) is 84.9 cm³/mol. The molecule has 0 aliphatic carbocycles. The Morgan fingerprint density at radius 2 is 2.35 bits per heavy atom. The van der Waals surface area contributed by atoms with Crippen LogP contribution in [0.2, 0.25) is 5.02 Å². The summed E-state index contributed by atoms with van der Waals surface area (Å²) in [4.78, 5) is 18.1. The average Bonchev–Trinajstić information content (AvgIpc) is 3.20. The zero-order valence-electron chi connectivity index (χ0n) is 12.6. The zero-order valence-corrected chi connectivity index (χ0v) is 13.4. The van der Waals surface area contributed by atoms with E-state index < -0.39 is 11.9 Å². The summed E-state index contributed by atoms with van der Waals surface area (Å²) < 4.78 is 15.1. The smallest absolute Gasteiger partial charge is 0.244 e. The van der Waals surface area contributed by atoms with Crippen LogP contribution in [-0.2, 0) is 4.79 Å². The summed E-state index contributed by atoms with van der Waals surface area (Å²) in [5.74, 6) is -0.541. The summed E-state index contributed by atoms with van der Waals surface area (Å²) in [5.41, 5.74) is 0.771. The van der Waals surface area contributed by atoms with Gasteiger partial charge in [0.2, 0.25) is 5.91 Å². The van der Waals surface area contributed by atoms with Crippen LogP contribution in [0.5, 0.6) is 0 Å². The normalized spacial score (nSPS) is 18.9. The topological polar surface area (TPSA) is 63.1 Å². The van der Waals surface area contributed by atoms with Gasteiger partial charge in [-0.2, -0.15) is 5.10 Å². The van der Waals surface area contributed by atoms with E-state index in [9.17, 15) is 9.18 Å². The fourth-order valence-electron chi connectivity index (χ4n) is 2.65. The maximum Gasteiger partial charge on any atom is 0.244 e. The molecular formula is C15H17ClFN5O. The molecule has 1 aliphatic rings. The van der Waals surface area contributed by atoms with Crippen molar-refractivity contribution >= 4 is 23.2 Å². The molecule has 8 heteroatoms. The maximum atomic E-state index is 13.6. The van der Waals surface area contributed by atoms with Crippen LogP contribution in [0.3, 0.4) is 0 Å². The number of nitrogens with zero attached hydrogens (tertiary/aromatic N) is 4. The minimum absolute atomic E-state index is 0.0206. The first-order valence-corrected chi connectivity index (χ1v) is 7.77. The van der Waals surface area contributed by atoms with E-state index in [0.717, 1.165) is 18.7 Å². The van der Waals surface area contributed by atoms with Gasteiger partial charge in [-0.1, -0.05) is 11.6 Å². The van der Waals surface area contributed by atoms with Crippen LogP contribution >= 0.6 is 11.6 Å². The van der Waals surface area contributed by atoms with Gasteiger partial charge in [0.25, 0.3) is 0 Å². The van der Waals surface area contributed by atoms with E-state index in [-0.39, 0.29) is 17.0 Å². The molecule has 1 amide bonds. The van der Waals surface area contributed by atoms with E-state index in [2.05, 4.69) is 15.4 Å². The Bertz CT molecular complexity index is 693. The molecule has 1 aromatic heterocycles. The molecule has 1 saturated heterocycles. The van der Waals surface area contributed by atoms with E-state index in [1.807, 2.05) is 4.90 Å². The van der Waals surface area contributed by atoms with Gasteiger partial charge in [0.05, 0.1) is 5.02 Å². The van der Waals surface area contributed by atoms with E-state index in [1.165, 1.54) is 23.4 Å². The summed E-state index contributed by atoms with van der Waals surface area (Å²) in [6.45, 7) is 3.16. The van der Waals surface area contributed by atoms with Crippen molar-refractivity contribution in [2.45, 2.75) is 25.4 Å². The summed E-state index contributed by atoms with van der Waals surface area (Å²) in [6.07, 6.45) is 3.72. The standard InChI is InChI=1S/C15H17ClFN5O/c1-10(22-9-18-8-19-22)15(23)20-11-4-5-21(7-11)12-2-3-13(16)14(17)6-12/h2-3,6,8-11H,4-5,7H2,1H3,(H,20,23)/t10-,11-/m0/s1. The number of aromatic nitrogens is 3. The number of carbonyl (C=O) groups is 1. The lowest BCUT2D eigenvalue weighted by Crippen LogP contribution is -2.40. The van der Waals surface area contributed by atoms with Gasteiger partial charge in [0.1, 0.15) is 24.5 Å². The van der Waals surface area contributed by atoms with Crippen LogP contribution in [0.1, 0.15) is 19.4 Å². The van der Waals surface area contributed by atoms with Gasteiger partial charge < -0.3 is 10.2 Å². The van der Waals surface area contributed by atoms with Crippen molar-refractivity contribution in [3.05, 3.63) is 41.7 Å². The van der Waals surface area contributed by atoms with Crippen LogP contribution < -0.4 is 10.2 Å². The highest BCUT2D eigenvalue weighted by molar-refractivity contribution is 6.30. The second kappa shape index (κ2) is 6.54. The molecule has 2 heterocycles. The molecule has 23 heavy (non-hydrogen) atoms. The first-order chi connectivity index (χ1) is 11.0. The van der Waals surface area contributed by atoms with E-state index in [4.69, 9.17) is 11.6 Å². The number of amides is 1. The van der Waals surface area contributed by atoms with Crippen molar-refractivity contribution in [3.63, 3.8) is 0 Å². The molecule has 2 atom stereocenters. The molecule has 1 N–H and O–H groups in total. The second-order valence-corrected chi connectivity index (χ2v) is 6.00. The highest BCUT2D eigenvalue weighted by Crippen LogP contribution is 2.25. The Balaban J connectivity index is 1.59. The quantitative estimate of drug-likeness (QED) is 0.927. The largest absolute Gasteiger partial charge is 0.369 e. The predicted octanol–water partition coefficient (Wildman–Crippen LogP) is 2.03. The lowest BCUT2D eigenvalue weighted by molar-refractivity contribution is -0.124. The monoisotopic (exact) mass is 337 g/mol. The lowest BCUT2D eigenvalue weighted by atomic mass is 10.2. The summed E-state index contributed by atoms with van der Waals surface area (Å²) in [5, 5.41) is 7.09. The molecule has 0 saturated carbocycles. The Morgan fingerprint density at radius 1 is 1.52 bits per heavy atom. The van der Waals surface area contributed by atoms with Crippen molar-refractivity contribution in [3.8, 4) is 0 Å². The first kappa shape index (κ1) is 15.7. The fraction of sp³-hybridized carbons (Fsp3) is 0.400. The number of anilines is 1. The molecule has 122 valence electrons. The molecule has 1 aliphatic heterocycles. The number of benzene rings is 1. The second-order valence-electron chi connectivity index (χ2n) is 5.59. The number of nitrogens with one attached hydrogen (secondary N) is 1. The molecule has 1 aromatic carbocycles. The molecule has 6 nitrogen and oxygen atoms in total. The average molecular weight is 338 g/mol. The Labute approximate surface area is 138 Å². The van der Waals surface area contributed by atoms with Crippen molar-refractivity contribution in [2.24, 2.45) is 0 Å². The summed E-state index contributed by atoms with van der Waals surface area (Å²) >= 11 is 5.70. The Kier molecular flexibility index (Phi) is 4.47. The number of hydrogen-bond donors (Lipinski definition) is 1. The highest BCUT2D eigenvalue weighted by atomic mass is 35.5. The minimum Gasteiger partial charge on any atom is -0.369 e. The van der Waals surface area contributed by atoms with Crippen LogP contribution in [0.4, 0.5) is 10.1 Å². The Hall–Kier alpha value is -2.15. The summed E-state index contributed by atoms with van der Waals surface area (Å²) in [6, 6.07) is 4.36. The van der Waals surface area contributed by atoms with Crippen molar-refractivity contribution in [1.82, 2.24) is 20.1 Å². The molecule has 0 bridgehead atoms. The van der Waals surface area contributed by atoms with Crippen molar-refractivity contribution in [2.75, 3.05) is 18.0 Å². The van der Waals surface area contributed by atoms with Gasteiger partial charge >= 0.3 is 0 Å². The minimum atomic E-state index is -0.434. The molecule has 0 radical (unpaired) electrons. The lowest BCUT2D eigenvalue weighted by Gasteiger charge is -2.20. The first-order valence-electron chi connectivity index (χ1n) is 7.39. The van der Waals surface area contributed by atoms with Crippen molar-refractivity contribution < 1.29 is 9.18 Å². The molecule has 0 spiro atoms. The van der Waals surface area contributed by atoms with E-state index in [1.54, 1.807) is 19.1 Å². The number of carbonyl (C=O) groups excluding carboxylic acids is 1.